The molecule has 8 heteroatoms. The molecule has 3 rings (SSSR count). The number of rotatable bonds is 7. The number of aliphatic imine (C=N–C) groups is 1. The number of nitrogens with one attached hydrogen (secondary N) is 1. The molecule has 0 bridgehead atoms. The fourth-order valence-electron chi connectivity index (χ4n) is 3.23. The van der Waals surface area contributed by atoms with Gasteiger partial charge in [0.05, 0.1) is 6.10 Å². The minimum Gasteiger partial charge on any atom is -0.435 e. The largest absolute Gasteiger partial charge is 0.435 e. The number of carbonyl (C=O) groups is 1. The van der Waals surface area contributed by atoms with E-state index < -0.39 is 24.2 Å². The summed E-state index contributed by atoms with van der Waals surface area (Å²) >= 11 is 0. The summed E-state index contributed by atoms with van der Waals surface area (Å²) in [5.74, 6) is -0.470. The first kappa shape index (κ1) is 19.8. The molecular formula is C20H21F2N3O3. The summed E-state index contributed by atoms with van der Waals surface area (Å²) < 4.78 is 29.2. The standard InChI is InChI=1S/C20H21F2N3O3/c1-12(26)5-6-13-3-2-4-15(11-13)20(17(27)24-19(23)25-20)14-7-9-16(10-8-14)28-18(21)22/h2-4,7-12,18,26H,5-6H2,1H3,(H3,23,24,25,27). The molecule has 1 heterocycles. The molecule has 1 amide bonds. The number of hydrogen-bond donors (Lipinski definition) is 3. The summed E-state index contributed by atoms with van der Waals surface area (Å²) in [5.41, 5.74) is 6.35. The van der Waals surface area contributed by atoms with Crippen molar-refractivity contribution < 1.29 is 23.4 Å². The van der Waals surface area contributed by atoms with Crippen LogP contribution >= 0.6 is 0 Å². The van der Waals surface area contributed by atoms with Crippen molar-refractivity contribution in [3.63, 3.8) is 0 Å². The molecule has 6 nitrogen and oxygen atoms in total. The van der Waals surface area contributed by atoms with Gasteiger partial charge in [-0.25, -0.2) is 4.99 Å². The maximum atomic E-state index is 12.9. The molecule has 2 unspecified atom stereocenters. The number of carbonyl (C=O) groups excluding carboxylic acids is 1. The number of hydrogen-bond acceptors (Lipinski definition) is 5. The van der Waals surface area contributed by atoms with Gasteiger partial charge in [0, 0.05) is 0 Å². The Morgan fingerprint density at radius 3 is 2.50 bits per heavy atom. The second-order valence-corrected chi connectivity index (χ2v) is 6.65. The number of nitrogens with two attached hydrogens (primary N) is 1. The molecule has 0 radical (unpaired) electrons. The Kier molecular flexibility index (Phi) is 5.60. The number of alkyl halides is 2. The predicted molar refractivity (Wildman–Crippen MR) is 100 cm³/mol. The van der Waals surface area contributed by atoms with E-state index in [0.29, 0.717) is 24.0 Å². The summed E-state index contributed by atoms with van der Waals surface area (Å²) in [4.78, 5) is 17.2. The molecule has 1 aliphatic rings. The van der Waals surface area contributed by atoms with Gasteiger partial charge in [-0.05, 0) is 48.6 Å². The predicted octanol–water partition coefficient (Wildman–Crippen LogP) is 2.29. The first-order valence-corrected chi connectivity index (χ1v) is 8.81. The van der Waals surface area contributed by atoms with Crippen molar-refractivity contribution in [2.24, 2.45) is 10.7 Å². The maximum Gasteiger partial charge on any atom is 0.387 e. The number of nitrogens with zero attached hydrogens (tertiary/aromatic N) is 1. The van der Waals surface area contributed by atoms with Gasteiger partial charge in [0.25, 0.3) is 5.91 Å². The molecule has 0 saturated carbocycles. The normalized spacial score (nSPS) is 20.0. The lowest BCUT2D eigenvalue weighted by Crippen LogP contribution is -2.39. The van der Waals surface area contributed by atoms with Gasteiger partial charge in [0.15, 0.2) is 11.5 Å². The smallest absolute Gasteiger partial charge is 0.387 e. The fourth-order valence-corrected chi connectivity index (χ4v) is 3.23. The van der Waals surface area contributed by atoms with Crippen molar-refractivity contribution in [2.75, 3.05) is 0 Å². The average molecular weight is 389 g/mol. The third kappa shape index (κ3) is 3.96. The third-order valence-corrected chi connectivity index (χ3v) is 4.55. The van der Waals surface area contributed by atoms with Crippen LogP contribution in [0.3, 0.4) is 0 Å². The van der Waals surface area contributed by atoms with Gasteiger partial charge >= 0.3 is 6.61 Å². The van der Waals surface area contributed by atoms with Crippen LogP contribution in [0.25, 0.3) is 0 Å². The minimum atomic E-state index is -2.94. The van der Waals surface area contributed by atoms with Gasteiger partial charge < -0.3 is 15.6 Å². The van der Waals surface area contributed by atoms with Crippen LogP contribution < -0.4 is 15.8 Å². The number of aryl methyl sites for hydroxylation is 1. The molecule has 1 aliphatic heterocycles. The van der Waals surface area contributed by atoms with E-state index in [0.717, 1.165) is 5.56 Å². The van der Waals surface area contributed by atoms with Crippen LogP contribution in [0, 0.1) is 0 Å². The van der Waals surface area contributed by atoms with E-state index in [2.05, 4.69) is 15.0 Å². The van der Waals surface area contributed by atoms with Crippen LogP contribution in [0.5, 0.6) is 5.75 Å². The zero-order valence-corrected chi connectivity index (χ0v) is 15.2. The topological polar surface area (TPSA) is 96.9 Å². The average Bonchev–Trinajstić information content (AvgIpc) is 2.95. The van der Waals surface area contributed by atoms with Gasteiger partial charge in [-0.15, -0.1) is 0 Å². The maximum absolute atomic E-state index is 12.9. The molecule has 0 spiro atoms. The van der Waals surface area contributed by atoms with Crippen molar-refractivity contribution in [1.82, 2.24) is 5.32 Å². The van der Waals surface area contributed by atoms with Crippen LogP contribution in [0.4, 0.5) is 8.78 Å². The highest BCUT2D eigenvalue weighted by atomic mass is 19.3. The minimum absolute atomic E-state index is 0.0186. The number of amides is 1. The molecule has 0 aromatic heterocycles. The van der Waals surface area contributed by atoms with Crippen molar-refractivity contribution in [2.45, 2.75) is 38.0 Å². The highest BCUT2D eigenvalue weighted by molar-refractivity contribution is 6.09. The second-order valence-electron chi connectivity index (χ2n) is 6.65. The summed E-state index contributed by atoms with van der Waals surface area (Å²) in [5, 5.41) is 12.0. The third-order valence-electron chi connectivity index (χ3n) is 4.55. The highest BCUT2D eigenvalue weighted by Crippen LogP contribution is 2.38. The lowest BCUT2D eigenvalue weighted by molar-refractivity contribution is -0.122. The van der Waals surface area contributed by atoms with E-state index in [1.54, 1.807) is 19.1 Å². The van der Waals surface area contributed by atoms with Gasteiger partial charge in [0.2, 0.25) is 0 Å². The van der Waals surface area contributed by atoms with Gasteiger partial charge in [0.1, 0.15) is 5.75 Å². The fraction of sp³-hybridized carbons (Fsp3) is 0.300. The Balaban J connectivity index is 2.03. The number of aliphatic hydroxyl groups excluding tert-OH is 1. The Morgan fingerprint density at radius 1 is 1.21 bits per heavy atom. The summed E-state index contributed by atoms with van der Waals surface area (Å²) in [6.45, 7) is -1.22. The molecular weight excluding hydrogens is 368 g/mol. The zero-order chi connectivity index (χ0) is 20.3. The van der Waals surface area contributed by atoms with Crippen LogP contribution in [0.15, 0.2) is 53.5 Å². The Morgan fingerprint density at radius 2 is 1.93 bits per heavy atom. The van der Waals surface area contributed by atoms with Gasteiger partial charge in [-0.2, -0.15) is 8.78 Å². The molecule has 148 valence electrons. The molecule has 28 heavy (non-hydrogen) atoms. The Labute approximate surface area is 161 Å². The highest BCUT2D eigenvalue weighted by Gasteiger charge is 2.46. The summed E-state index contributed by atoms with van der Waals surface area (Å²) in [6, 6.07) is 13.1. The number of benzene rings is 2. The monoisotopic (exact) mass is 389 g/mol. The molecule has 2 aromatic carbocycles. The molecule has 0 saturated heterocycles. The Hall–Kier alpha value is -3.00. The molecule has 4 N–H and O–H groups in total. The van der Waals surface area contributed by atoms with E-state index in [9.17, 15) is 18.7 Å². The van der Waals surface area contributed by atoms with E-state index >= 15 is 0 Å². The summed E-state index contributed by atoms with van der Waals surface area (Å²) in [7, 11) is 0. The second kappa shape index (κ2) is 7.93. The SMILES string of the molecule is CC(O)CCc1cccc(C2(c3ccc(OC(F)F)cc3)N=C(N)NC2=O)c1. The number of aliphatic hydroxyl groups is 1. The summed E-state index contributed by atoms with van der Waals surface area (Å²) in [6.07, 6.45) is 0.764. The van der Waals surface area contributed by atoms with Crippen molar-refractivity contribution in [3.8, 4) is 5.75 Å². The zero-order valence-electron chi connectivity index (χ0n) is 15.2. The molecule has 0 fully saturated rings. The van der Waals surface area contributed by atoms with Crippen LogP contribution in [-0.2, 0) is 16.8 Å². The van der Waals surface area contributed by atoms with Crippen molar-refractivity contribution in [3.05, 3.63) is 65.2 Å². The van der Waals surface area contributed by atoms with Crippen molar-refractivity contribution >= 4 is 11.9 Å². The molecule has 2 aromatic rings. The quantitative estimate of drug-likeness (QED) is 0.677. The van der Waals surface area contributed by atoms with E-state index in [4.69, 9.17) is 5.73 Å². The van der Waals surface area contributed by atoms with E-state index in [-0.39, 0.29) is 11.7 Å². The van der Waals surface area contributed by atoms with Crippen molar-refractivity contribution in [1.29, 1.82) is 0 Å². The number of ether oxygens (including phenoxy) is 1. The lowest BCUT2D eigenvalue weighted by Gasteiger charge is -2.25. The first-order chi connectivity index (χ1) is 13.3. The molecule has 0 aliphatic carbocycles. The van der Waals surface area contributed by atoms with E-state index in [1.165, 1.54) is 24.3 Å². The van der Waals surface area contributed by atoms with Crippen LogP contribution in [0.1, 0.15) is 30.0 Å². The van der Waals surface area contributed by atoms with Crippen LogP contribution in [-0.4, -0.2) is 29.7 Å². The molecule has 2 atom stereocenters. The first-order valence-electron chi connectivity index (χ1n) is 8.81. The lowest BCUT2D eigenvalue weighted by atomic mass is 9.82. The van der Waals surface area contributed by atoms with E-state index in [1.807, 2.05) is 12.1 Å². The van der Waals surface area contributed by atoms with Crippen LogP contribution in [0.2, 0.25) is 0 Å². The number of guanidine groups is 1. The van der Waals surface area contributed by atoms with Gasteiger partial charge in [-0.3, -0.25) is 10.1 Å². The number of halogens is 2. The Bertz CT molecular complexity index is 885. The van der Waals surface area contributed by atoms with Gasteiger partial charge in [-0.1, -0.05) is 36.4 Å².